The maximum Gasteiger partial charge on any atom is 0.224 e. The average molecular weight is 326 g/mol. The van der Waals surface area contributed by atoms with Crippen LogP contribution in [0.2, 0.25) is 0 Å². The van der Waals surface area contributed by atoms with E-state index in [1.54, 1.807) is 0 Å². The predicted molar refractivity (Wildman–Crippen MR) is 83.7 cm³/mol. The second kappa shape index (κ2) is 7.84. The number of rotatable bonds is 6. The molecule has 1 fully saturated rings. The van der Waals surface area contributed by atoms with Crippen molar-refractivity contribution in [2.24, 2.45) is 11.8 Å². The number of hydrogen-bond acceptors (Lipinski definition) is 3. The van der Waals surface area contributed by atoms with Gasteiger partial charge in [-0.1, -0.05) is 19.9 Å². The summed E-state index contributed by atoms with van der Waals surface area (Å²) in [7, 11) is 0. The molecule has 1 saturated heterocycles. The van der Waals surface area contributed by atoms with Gasteiger partial charge in [0, 0.05) is 19.6 Å². The van der Waals surface area contributed by atoms with Gasteiger partial charge >= 0.3 is 0 Å². The molecule has 0 aliphatic carbocycles. The molecule has 2 atom stereocenters. The summed E-state index contributed by atoms with van der Waals surface area (Å²) in [6.07, 6.45) is -0.628. The van der Waals surface area contributed by atoms with Crippen LogP contribution in [0.4, 0.5) is 8.78 Å². The van der Waals surface area contributed by atoms with Gasteiger partial charge in [-0.15, -0.1) is 0 Å². The SMILES string of the molecule is CC(C)CN1CCC(C(=O)NCC(O)c2c(F)cccc2F)C1. The molecule has 4 nitrogen and oxygen atoms in total. The molecule has 1 aromatic carbocycles. The van der Waals surface area contributed by atoms with Crippen molar-refractivity contribution in [3.8, 4) is 0 Å². The minimum Gasteiger partial charge on any atom is -0.386 e. The molecule has 2 rings (SSSR count). The Morgan fingerprint density at radius 1 is 1.39 bits per heavy atom. The maximum absolute atomic E-state index is 13.6. The van der Waals surface area contributed by atoms with Crippen LogP contribution in [0.1, 0.15) is 31.9 Å². The number of carbonyl (C=O) groups is 1. The second-order valence-corrected chi connectivity index (χ2v) is 6.54. The van der Waals surface area contributed by atoms with Gasteiger partial charge < -0.3 is 15.3 Å². The van der Waals surface area contributed by atoms with E-state index in [0.29, 0.717) is 12.5 Å². The summed E-state index contributed by atoms with van der Waals surface area (Å²) in [6, 6.07) is 3.41. The molecule has 2 N–H and O–H groups in total. The zero-order valence-electron chi connectivity index (χ0n) is 13.6. The van der Waals surface area contributed by atoms with E-state index in [4.69, 9.17) is 0 Å². The summed E-state index contributed by atoms with van der Waals surface area (Å²) in [6.45, 7) is 6.58. The highest BCUT2D eigenvalue weighted by atomic mass is 19.1. The van der Waals surface area contributed by atoms with Crippen LogP contribution in [-0.2, 0) is 4.79 Å². The van der Waals surface area contributed by atoms with E-state index in [-0.39, 0.29) is 18.4 Å². The van der Waals surface area contributed by atoms with Crippen LogP contribution < -0.4 is 5.32 Å². The maximum atomic E-state index is 13.6. The van der Waals surface area contributed by atoms with Crippen molar-refractivity contribution in [1.29, 1.82) is 0 Å². The van der Waals surface area contributed by atoms with Gasteiger partial charge in [0.25, 0.3) is 0 Å². The van der Waals surface area contributed by atoms with Gasteiger partial charge in [-0.3, -0.25) is 4.79 Å². The number of aliphatic hydroxyl groups is 1. The monoisotopic (exact) mass is 326 g/mol. The van der Waals surface area contributed by atoms with Gasteiger partial charge in [0.2, 0.25) is 5.91 Å². The third-order valence-electron chi connectivity index (χ3n) is 4.07. The van der Waals surface area contributed by atoms with Crippen molar-refractivity contribution in [1.82, 2.24) is 10.2 Å². The molecule has 1 aliphatic rings. The van der Waals surface area contributed by atoms with Crippen LogP contribution in [-0.4, -0.2) is 42.1 Å². The molecule has 0 spiro atoms. The number of hydrogen-bond donors (Lipinski definition) is 2. The Bertz CT molecular complexity index is 531. The lowest BCUT2D eigenvalue weighted by atomic mass is 10.1. The van der Waals surface area contributed by atoms with E-state index in [2.05, 4.69) is 24.1 Å². The lowest BCUT2D eigenvalue weighted by Gasteiger charge is -2.18. The number of nitrogens with one attached hydrogen (secondary N) is 1. The second-order valence-electron chi connectivity index (χ2n) is 6.54. The van der Waals surface area contributed by atoms with E-state index in [0.717, 1.165) is 31.6 Å². The van der Waals surface area contributed by atoms with E-state index in [9.17, 15) is 18.7 Å². The van der Waals surface area contributed by atoms with Crippen molar-refractivity contribution < 1.29 is 18.7 Å². The van der Waals surface area contributed by atoms with Gasteiger partial charge in [-0.2, -0.15) is 0 Å². The fraction of sp³-hybridized carbons (Fsp3) is 0.588. The molecule has 1 heterocycles. The third-order valence-corrected chi connectivity index (χ3v) is 4.07. The number of carbonyl (C=O) groups excluding carboxylic acids is 1. The summed E-state index contributed by atoms with van der Waals surface area (Å²) < 4.78 is 27.2. The molecule has 128 valence electrons. The lowest BCUT2D eigenvalue weighted by molar-refractivity contribution is -0.125. The molecule has 1 aromatic rings. The Labute approximate surface area is 135 Å². The number of nitrogens with zero attached hydrogens (tertiary/aromatic N) is 1. The van der Waals surface area contributed by atoms with Crippen LogP contribution in [0.15, 0.2) is 18.2 Å². The molecule has 2 unspecified atom stereocenters. The smallest absolute Gasteiger partial charge is 0.224 e. The molecule has 1 amide bonds. The van der Waals surface area contributed by atoms with Crippen molar-refractivity contribution in [3.63, 3.8) is 0 Å². The normalized spacial score (nSPS) is 20.0. The molecular weight excluding hydrogens is 302 g/mol. The highest BCUT2D eigenvalue weighted by Crippen LogP contribution is 2.21. The first-order chi connectivity index (χ1) is 10.9. The van der Waals surface area contributed by atoms with Gasteiger partial charge in [0.05, 0.1) is 11.5 Å². The van der Waals surface area contributed by atoms with Gasteiger partial charge in [0.15, 0.2) is 0 Å². The van der Waals surface area contributed by atoms with Crippen LogP contribution in [0.3, 0.4) is 0 Å². The zero-order valence-corrected chi connectivity index (χ0v) is 13.6. The minimum absolute atomic E-state index is 0.133. The zero-order chi connectivity index (χ0) is 17.0. The third kappa shape index (κ3) is 4.72. The molecule has 23 heavy (non-hydrogen) atoms. The number of likely N-dealkylation sites (tertiary alicyclic amines) is 1. The summed E-state index contributed by atoms with van der Waals surface area (Å²) in [5.74, 6) is -1.38. The summed E-state index contributed by atoms with van der Waals surface area (Å²) in [5.41, 5.74) is -0.402. The summed E-state index contributed by atoms with van der Waals surface area (Å²) >= 11 is 0. The number of halogens is 2. The first-order valence-corrected chi connectivity index (χ1v) is 8.00. The van der Waals surface area contributed by atoms with E-state index < -0.39 is 23.3 Å². The molecular formula is C17H24F2N2O2. The van der Waals surface area contributed by atoms with Crippen molar-refractivity contribution >= 4 is 5.91 Å². The molecule has 0 aromatic heterocycles. The van der Waals surface area contributed by atoms with Crippen LogP contribution in [0.25, 0.3) is 0 Å². The number of aliphatic hydroxyl groups excluding tert-OH is 1. The van der Waals surface area contributed by atoms with E-state index >= 15 is 0 Å². The molecule has 6 heteroatoms. The lowest BCUT2D eigenvalue weighted by Crippen LogP contribution is -2.36. The van der Waals surface area contributed by atoms with Crippen molar-refractivity contribution in [2.75, 3.05) is 26.2 Å². The number of benzene rings is 1. The van der Waals surface area contributed by atoms with Crippen LogP contribution in [0, 0.1) is 23.5 Å². The number of amides is 1. The predicted octanol–water partition coefficient (Wildman–Crippen LogP) is 2.09. The minimum atomic E-state index is -1.40. The largest absolute Gasteiger partial charge is 0.386 e. The van der Waals surface area contributed by atoms with Gasteiger partial charge in [-0.05, 0) is 31.0 Å². The summed E-state index contributed by atoms with van der Waals surface area (Å²) in [5, 5.41) is 12.5. The summed E-state index contributed by atoms with van der Waals surface area (Å²) in [4.78, 5) is 14.4. The van der Waals surface area contributed by atoms with Crippen LogP contribution in [0.5, 0.6) is 0 Å². The standard InChI is InChI=1S/C17H24F2N2O2/c1-11(2)9-21-7-6-12(10-21)17(23)20-8-15(22)16-13(18)4-3-5-14(16)19/h3-5,11-12,15,22H,6-10H2,1-2H3,(H,20,23). The first-order valence-electron chi connectivity index (χ1n) is 8.00. The van der Waals surface area contributed by atoms with Gasteiger partial charge in [0.1, 0.15) is 17.7 Å². The Morgan fingerprint density at radius 2 is 2.04 bits per heavy atom. The Morgan fingerprint density at radius 3 is 2.65 bits per heavy atom. The van der Waals surface area contributed by atoms with Gasteiger partial charge in [-0.25, -0.2) is 8.78 Å². The van der Waals surface area contributed by atoms with E-state index in [1.807, 2.05) is 0 Å². The Hall–Kier alpha value is -1.53. The molecule has 0 saturated carbocycles. The molecule has 0 radical (unpaired) electrons. The first kappa shape index (κ1) is 17.8. The average Bonchev–Trinajstić information content (AvgIpc) is 2.92. The van der Waals surface area contributed by atoms with Crippen LogP contribution >= 0.6 is 0 Å². The highest BCUT2D eigenvalue weighted by molar-refractivity contribution is 5.79. The quantitative estimate of drug-likeness (QED) is 0.842. The topological polar surface area (TPSA) is 52.6 Å². The van der Waals surface area contributed by atoms with Crippen molar-refractivity contribution in [3.05, 3.63) is 35.4 Å². The van der Waals surface area contributed by atoms with E-state index in [1.165, 1.54) is 6.07 Å². The fourth-order valence-corrected chi connectivity index (χ4v) is 3.00. The Kier molecular flexibility index (Phi) is 6.07. The molecule has 0 bridgehead atoms. The molecule has 1 aliphatic heterocycles. The Balaban J connectivity index is 1.85. The van der Waals surface area contributed by atoms with Crippen molar-refractivity contribution in [2.45, 2.75) is 26.4 Å². The highest BCUT2D eigenvalue weighted by Gasteiger charge is 2.29. The fourth-order valence-electron chi connectivity index (χ4n) is 3.00.